The van der Waals surface area contributed by atoms with Crippen molar-refractivity contribution in [2.45, 2.75) is 25.4 Å². The summed E-state index contributed by atoms with van der Waals surface area (Å²) in [5.41, 5.74) is 8.08. The zero-order valence-corrected chi connectivity index (χ0v) is 11.2. The van der Waals surface area contributed by atoms with Crippen molar-refractivity contribution < 1.29 is 4.79 Å². The summed E-state index contributed by atoms with van der Waals surface area (Å²) in [4.78, 5) is 18.6. The molecule has 102 valence electrons. The van der Waals surface area contributed by atoms with Gasteiger partial charge in [-0.1, -0.05) is 18.2 Å². The van der Waals surface area contributed by atoms with Crippen LogP contribution >= 0.6 is 0 Å². The molecule has 0 bridgehead atoms. The third kappa shape index (κ3) is 2.79. The average molecular weight is 267 g/mol. The number of benzene rings is 1. The number of nitrogens with zero attached hydrogens (tertiary/aromatic N) is 2. The molecule has 3 rings (SSSR count). The minimum absolute atomic E-state index is 0.00414. The van der Waals surface area contributed by atoms with E-state index in [9.17, 15) is 4.79 Å². The van der Waals surface area contributed by atoms with E-state index in [0.29, 0.717) is 18.3 Å². The standard InChI is InChI=1S/C16H17N3O/c17-13-5-3-4-12(10-13)11-19(14-7-8-14)16(20)15-6-1-2-9-18-15/h1-6,9-10,14H,7-8,11,17H2. The zero-order valence-electron chi connectivity index (χ0n) is 11.2. The number of pyridine rings is 1. The number of aromatic nitrogens is 1. The van der Waals surface area contributed by atoms with E-state index in [2.05, 4.69) is 4.98 Å². The SMILES string of the molecule is Nc1cccc(CN(C(=O)c2ccccn2)C2CC2)c1. The first kappa shape index (κ1) is 12.7. The molecule has 1 aliphatic rings. The fraction of sp³-hybridized carbons (Fsp3) is 0.250. The van der Waals surface area contributed by atoms with E-state index in [4.69, 9.17) is 5.73 Å². The van der Waals surface area contributed by atoms with E-state index >= 15 is 0 Å². The van der Waals surface area contributed by atoms with Gasteiger partial charge in [0.2, 0.25) is 0 Å². The van der Waals surface area contributed by atoms with Crippen LogP contribution in [0.4, 0.5) is 5.69 Å². The number of rotatable bonds is 4. The Labute approximate surface area is 118 Å². The molecule has 1 heterocycles. The third-order valence-corrected chi connectivity index (χ3v) is 3.44. The van der Waals surface area contributed by atoms with E-state index < -0.39 is 0 Å². The van der Waals surface area contributed by atoms with Crippen molar-refractivity contribution in [2.75, 3.05) is 5.73 Å². The lowest BCUT2D eigenvalue weighted by atomic mass is 10.2. The molecule has 0 aliphatic heterocycles. The van der Waals surface area contributed by atoms with E-state index in [-0.39, 0.29) is 5.91 Å². The zero-order chi connectivity index (χ0) is 13.9. The Balaban J connectivity index is 1.81. The number of nitrogen functional groups attached to an aromatic ring is 1. The van der Waals surface area contributed by atoms with Gasteiger partial charge in [0, 0.05) is 24.5 Å². The molecule has 1 saturated carbocycles. The first-order chi connectivity index (χ1) is 9.74. The Morgan fingerprint density at radius 1 is 1.25 bits per heavy atom. The molecule has 1 aromatic carbocycles. The van der Waals surface area contributed by atoms with Crippen molar-refractivity contribution in [2.24, 2.45) is 0 Å². The first-order valence-electron chi connectivity index (χ1n) is 6.80. The fourth-order valence-electron chi connectivity index (χ4n) is 2.28. The lowest BCUT2D eigenvalue weighted by molar-refractivity contribution is 0.0724. The Bertz CT molecular complexity index is 608. The molecule has 2 N–H and O–H groups in total. The number of carbonyl (C=O) groups excluding carboxylic acids is 1. The monoisotopic (exact) mass is 267 g/mol. The minimum Gasteiger partial charge on any atom is -0.399 e. The number of nitrogens with two attached hydrogens (primary N) is 1. The van der Waals surface area contributed by atoms with Crippen LogP contribution in [0.5, 0.6) is 0 Å². The van der Waals surface area contributed by atoms with Gasteiger partial charge in [-0.15, -0.1) is 0 Å². The molecule has 0 saturated heterocycles. The molecule has 1 fully saturated rings. The predicted molar refractivity (Wildman–Crippen MR) is 78.0 cm³/mol. The van der Waals surface area contributed by atoms with Gasteiger partial charge in [-0.25, -0.2) is 0 Å². The molecule has 4 nitrogen and oxygen atoms in total. The largest absolute Gasteiger partial charge is 0.399 e. The smallest absolute Gasteiger partial charge is 0.272 e. The molecule has 1 aromatic heterocycles. The first-order valence-corrected chi connectivity index (χ1v) is 6.80. The molecule has 0 unspecified atom stereocenters. The molecular formula is C16H17N3O. The maximum absolute atomic E-state index is 12.5. The summed E-state index contributed by atoms with van der Waals surface area (Å²) in [6, 6.07) is 13.4. The highest BCUT2D eigenvalue weighted by Crippen LogP contribution is 2.29. The number of hydrogen-bond acceptors (Lipinski definition) is 3. The topological polar surface area (TPSA) is 59.2 Å². The van der Waals surface area contributed by atoms with Crippen molar-refractivity contribution >= 4 is 11.6 Å². The summed E-state index contributed by atoms with van der Waals surface area (Å²) in [5.74, 6) is -0.00414. The van der Waals surface area contributed by atoms with Crippen LogP contribution in [0.1, 0.15) is 28.9 Å². The summed E-state index contributed by atoms with van der Waals surface area (Å²) in [7, 11) is 0. The van der Waals surface area contributed by atoms with E-state index in [1.165, 1.54) is 0 Å². The molecule has 0 radical (unpaired) electrons. The Morgan fingerprint density at radius 3 is 2.75 bits per heavy atom. The van der Waals surface area contributed by atoms with Gasteiger partial charge in [0.1, 0.15) is 5.69 Å². The van der Waals surface area contributed by atoms with Crippen LogP contribution in [0.2, 0.25) is 0 Å². The number of amides is 1. The van der Waals surface area contributed by atoms with Crippen molar-refractivity contribution in [1.29, 1.82) is 0 Å². The van der Waals surface area contributed by atoms with Gasteiger partial charge in [0.15, 0.2) is 0 Å². The summed E-state index contributed by atoms with van der Waals surface area (Å²) in [6.07, 6.45) is 3.79. The van der Waals surface area contributed by atoms with Gasteiger partial charge in [0.05, 0.1) is 0 Å². The van der Waals surface area contributed by atoms with E-state index in [0.717, 1.165) is 24.1 Å². The van der Waals surface area contributed by atoms with Crippen LogP contribution in [0.25, 0.3) is 0 Å². The van der Waals surface area contributed by atoms with Crippen LogP contribution in [-0.2, 0) is 6.54 Å². The highest BCUT2D eigenvalue weighted by molar-refractivity contribution is 5.92. The molecule has 0 spiro atoms. The highest BCUT2D eigenvalue weighted by Gasteiger charge is 2.33. The van der Waals surface area contributed by atoms with Crippen molar-refractivity contribution in [3.63, 3.8) is 0 Å². The van der Waals surface area contributed by atoms with Crippen LogP contribution in [0, 0.1) is 0 Å². The van der Waals surface area contributed by atoms with E-state index in [1.807, 2.05) is 41.3 Å². The Kier molecular flexibility index (Phi) is 3.37. The highest BCUT2D eigenvalue weighted by atomic mass is 16.2. The van der Waals surface area contributed by atoms with Gasteiger partial charge >= 0.3 is 0 Å². The lowest BCUT2D eigenvalue weighted by Crippen LogP contribution is -2.33. The maximum Gasteiger partial charge on any atom is 0.272 e. The van der Waals surface area contributed by atoms with Gasteiger partial charge in [-0.05, 0) is 42.7 Å². The second kappa shape index (κ2) is 5.33. The molecular weight excluding hydrogens is 250 g/mol. The molecule has 4 heteroatoms. The molecule has 1 amide bonds. The van der Waals surface area contributed by atoms with Crippen LogP contribution in [0.3, 0.4) is 0 Å². The second-order valence-electron chi connectivity index (χ2n) is 5.12. The normalized spacial score (nSPS) is 14.0. The van der Waals surface area contributed by atoms with Crippen molar-refractivity contribution in [1.82, 2.24) is 9.88 Å². The average Bonchev–Trinajstić information content (AvgIpc) is 3.30. The van der Waals surface area contributed by atoms with Gasteiger partial charge < -0.3 is 10.6 Å². The molecule has 0 atom stereocenters. The van der Waals surface area contributed by atoms with Gasteiger partial charge in [-0.3, -0.25) is 9.78 Å². The third-order valence-electron chi connectivity index (χ3n) is 3.44. The number of hydrogen-bond donors (Lipinski definition) is 1. The summed E-state index contributed by atoms with van der Waals surface area (Å²) >= 11 is 0. The van der Waals surface area contributed by atoms with Crippen LogP contribution in [-0.4, -0.2) is 21.8 Å². The quantitative estimate of drug-likeness (QED) is 0.866. The fourth-order valence-corrected chi connectivity index (χ4v) is 2.28. The number of carbonyl (C=O) groups is 1. The molecule has 2 aromatic rings. The Hall–Kier alpha value is -2.36. The van der Waals surface area contributed by atoms with Crippen molar-refractivity contribution in [3.8, 4) is 0 Å². The minimum atomic E-state index is -0.00414. The predicted octanol–water partition coefficient (Wildman–Crippen LogP) is 2.47. The summed E-state index contributed by atoms with van der Waals surface area (Å²) in [5, 5.41) is 0. The summed E-state index contributed by atoms with van der Waals surface area (Å²) < 4.78 is 0. The van der Waals surface area contributed by atoms with E-state index in [1.54, 1.807) is 12.3 Å². The number of anilines is 1. The van der Waals surface area contributed by atoms with Gasteiger partial charge in [-0.2, -0.15) is 0 Å². The second-order valence-corrected chi connectivity index (χ2v) is 5.12. The summed E-state index contributed by atoms with van der Waals surface area (Å²) in [6.45, 7) is 0.588. The maximum atomic E-state index is 12.5. The molecule has 1 aliphatic carbocycles. The van der Waals surface area contributed by atoms with Crippen LogP contribution in [0.15, 0.2) is 48.7 Å². The molecule has 20 heavy (non-hydrogen) atoms. The van der Waals surface area contributed by atoms with Crippen molar-refractivity contribution in [3.05, 3.63) is 59.9 Å². The van der Waals surface area contributed by atoms with Gasteiger partial charge in [0.25, 0.3) is 5.91 Å². The van der Waals surface area contributed by atoms with Crippen LogP contribution < -0.4 is 5.73 Å². The Morgan fingerprint density at radius 2 is 2.10 bits per heavy atom. The lowest BCUT2D eigenvalue weighted by Gasteiger charge is -2.22.